The number of aryl methyl sites for hydroxylation is 2. The van der Waals surface area contributed by atoms with Crippen molar-refractivity contribution in [3.63, 3.8) is 0 Å². The van der Waals surface area contributed by atoms with E-state index in [9.17, 15) is 17.6 Å². The molecule has 1 fully saturated rings. The third-order valence-electron chi connectivity index (χ3n) is 4.80. The minimum absolute atomic E-state index is 0.0209. The Morgan fingerprint density at radius 3 is 2.52 bits per heavy atom. The van der Waals surface area contributed by atoms with Crippen LogP contribution in [0.25, 0.3) is 0 Å². The number of hydrogen-bond acceptors (Lipinski definition) is 5. The van der Waals surface area contributed by atoms with Crippen LogP contribution in [0.3, 0.4) is 0 Å². The lowest BCUT2D eigenvalue weighted by molar-refractivity contribution is -0.132. The first-order valence-corrected chi connectivity index (χ1v) is 11.8. The SMILES string of the molecule is Cc1cc(S(=O)(=O)N2CCN(C(=O)CCCOc3cccc(F)c3)CC2)c(C)s1. The molecule has 1 saturated heterocycles. The fourth-order valence-corrected chi connectivity index (χ4v) is 6.25. The summed E-state index contributed by atoms with van der Waals surface area (Å²) in [5.74, 6) is 0.0573. The van der Waals surface area contributed by atoms with E-state index in [0.717, 1.165) is 9.75 Å². The van der Waals surface area contributed by atoms with Gasteiger partial charge in [0.2, 0.25) is 15.9 Å². The van der Waals surface area contributed by atoms with Gasteiger partial charge in [0.05, 0.1) is 11.5 Å². The van der Waals surface area contributed by atoms with Crippen LogP contribution in [0.2, 0.25) is 0 Å². The van der Waals surface area contributed by atoms with Gasteiger partial charge in [0.15, 0.2) is 0 Å². The van der Waals surface area contributed by atoms with Gasteiger partial charge in [-0.2, -0.15) is 4.31 Å². The molecule has 1 aromatic carbocycles. The Hall–Kier alpha value is -1.97. The lowest BCUT2D eigenvalue weighted by atomic mass is 10.2. The minimum atomic E-state index is -3.52. The molecular formula is C20H25FN2O4S2. The van der Waals surface area contributed by atoms with Crippen molar-refractivity contribution in [2.24, 2.45) is 0 Å². The molecule has 0 radical (unpaired) electrons. The predicted octanol–water partition coefficient (Wildman–Crippen LogP) is 3.20. The molecule has 1 aliphatic rings. The first-order chi connectivity index (χ1) is 13.8. The van der Waals surface area contributed by atoms with E-state index in [-0.39, 0.29) is 11.7 Å². The maximum Gasteiger partial charge on any atom is 0.244 e. The first-order valence-electron chi connectivity index (χ1n) is 9.50. The lowest BCUT2D eigenvalue weighted by Crippen LogP contribution is -2.50. The van der Waals surface area contributed by atoms with Crippen LogP contribution in [0.4, 0.5) is 4.39 Å². The highest BCUT2D eigenvalue weighted by Gasteiger charge is 2.31. The third-order valence-corrected chi connectivity index (χ3v) is 7.92. The second-order valence-electron chi connectivity index (χ2n) is 6.97. The van der Waals surface area contributed by atoms with Crippen molar-refractivity contribution in [2.75, 3.05) is 32.8 Å². The summed E-state index contributed by atoms with van der Waals surface area (Å²) in [5.41, 5.74) is 0. The van der Waals surface area contributed by atoms with Gasteiger partial charge in [-0.05, 0) is 38.5 Å². The standard InChI is InChI=1S/C20H25FN2O4S2/c1-15-13-19(16(2)28-15)29(25,26)23-10-8-22(9-11-23)20(24)7-4-12-27-18-6-3-5-17(21)14-18/h3,5-6,13-14H,4,7-12H2,1-2H3. The summed E-state index contributed by atoms with van der Waals surface area (Å²) < 4.78 is 45.7. The van der Waals surface area contributed by atoms with E-state index in [1.54, 1.807) is 23.1 Å². The summed E-state index contributed by atoms with van der Waals surface area (Å²) in [4.78, 5) is 16.2. The van der Waals surface area contributed by atoms with E-state index >= 15 is 0 Å². The van der Waals surface area contributed by atoms with Gasteiger partial charge in [-0.3, -0.25) is 4.79 Å². The van der Waals surface area contributed by atoms with Crippen molar-refractivity contribution in [1.82, 2.24) is 9.21 Å². The molecule has 0 N–H and O–H groups in total. The Kier molecular flexibility index (Phi) is 6.92. The van der Waals surface area contributed by atoms with Gasteiger partial charge in [0, 0.05) is 48.4 Å². The Morgan fingerprint density at radius 2 is 1.90 bits per heavy atom. The smallest absolute Gasteiger partial charge is 0.244 e. The zero-order chi connectivity index (χ0) is 21.0. The fourth-order valence-electron chi connectivity index (χ4n) is 3.31. The molecule has 1 aliphatic heterocycles. The third kappa shape index (κ3) is 5.34. The van der Waals surface area contributed by atoms with E-state index in [2.05, 4.69) is 0 Å². The number of thiophene rings is 1. The summed E-state index contributed by atoms with van der Waals surface area (Å²) in [6, 6.07) is 7.60. The molecule has 3 rings (SSSR count). The number of carbonyl (C=O) groups excluding carboxylic acids is 1. The molecule has 0 unspecified atom stereocenters. The van der Waals surface area contributed by atoms with Crippen LogP contribution in [-0.4, -0.2) is 56.3 Å². The van der Waals surface area contributed by atoms with Gasteiger partial charge in [0.1, 0.15) is 11.6 Å². The summed E-state index contributed by atoms with van der Waals surface area (Å²) >= 11 is 1.47. The maximum absolute atomic E-state index is 13.1. The van der Waals surface area contributed by atoms with Crippen molar-refractivity contribution >= 4 is 27.3 Å². The number of rotatable bonds is 7. The summed E-state index contributed by atoms with van der Waals surface area (Å²) in [6.45, 7) is 5.38. The van der Waals surface area contributed by atoms with Crippen LogP contribution in [0.1, 0.15) is 22.6 Å². The quantitative estimate of drug-likeness (QED) is 0.620. The molecule has 158 valence electrons. The highest BCUT2D eigenvalue weighted by molar-refractivity contribution is 7.89. The molecule has 1 aromatic heterocycles. The molecule has 9 heteroatoms. The van der Waals surface area contributed by atoms with Gasteiger partial charge >= 0.3 is 0 Å². The second-order valence-corrected chi connectivity index (χ2v) is 10.3. The van der Waals surface area contributed by atoms with Crippen molar-refractivity contribution < 1.29 is 22.3 Å². The van der Waals surface area contributed by atoms with Crippen LogP contribution in [0.5, 0.6) is 5.75 Å². The number of piperazine rings is 1. The van der Waals surface area contributed by atoms with Crippen LogP contribution >= 0.6 is 11.3 Å². The molecule has 2 heterocycles. The van der Waals surface area contributed by atoms with Gasteiger partial charge in [-0.25, -0.2) is 12.8 Å². The van der Waals surface area contributed by atoms with Gasteiger partial charge in [0.25, 0.3) is 0 Å². The summed E-state index contributed by atoms with van der Waals surface area (Å²) in [5, 5.41) is 0. The summed E-state index contributed by atoms with van der Waals surface area (Å²) in [7, 11) is -3.52. The number of halogens is 1. The van der Waals surface area contributed by atoms with Crippen LogP contribution in [0, 0.1) is 19.7 Å². The first kappa shape index (κ1) is 21.7. The monoisotopic (exact) mass is 440 g/mol. The Labute approximate surface area is 174 Å². The summed E-state index contributed by atoms with van der Waals surface area (Å²) in [6.07, 6.45) is 0.826. The fraction of sp³-hybridized carbons (Fsp3) is 0.450. The molecule has 6 nitrogen and oxygen atoms in total. The number of nitrogens with zero attached hydrogens (tertiary/aromatic N) is 2. The van der Waals surface area contributed by atoms with Crippen LogP contribution in [0.15, 0.2) is 35.2 Å². The van der Waals surface area contributed by atoms with Crippen LogP contribution in [-0.2, 0) is 14.8 Å². The normalized spacial score (nSPS) is 15.5. The maximum atomic E-state index is 13.1. The number of carbonyl (C=O) groups is 1. The molecule has 0 bridgehead atoms. The zero-order valence-corrected chi connectivity index (χ0v) is 18.2. The van der Waals surface area contributed by atoms with E-state index in [1.165, 1.54) is 27.8 Å². The lowest BCUT2D eigenvalue weighted by Gasteiger charge is -2.34. The van der Waals surface area contributed by atoms with Gasteiger partial charge in [-0.15, -0.1) is 11.3 Å². The topological polar surface area (TPSA) is 66.9 Å². The van der Waals surface area contributed by atoms with Crippen molar-refractivity contribution in [3.05, 3.63) is 45.9 Å². The number of ether oxygens (including phenoxy) is 1. The largest absolute Gasteiger partial charge is 0.493 e. The highest BCUT2D eigenvalue weighted by atomic mass is 32.2. The van der Waals surface area contributed by atoms with E-state index in [1.807, 2.05) is 13.8 Å². The Bertz CT molecular complexity index is 967. The molecule has 0 spiro atoms. The molecular weight excluding hydrogens is 415 g/mol. The minimum Gasteiger partial charge on any atom is -0.493 e. The predicted molar refractivity (Wildman–Crippen MR) is 110 cm³/mol. The van der Waals surface area contributed by atoms with Gasteiger partial charge < -0.3 is 9.64 Å². The zero-order valence-electron chi connectivity index (χ0n) is 16.6. The number of hydrogen-bond donors (Lipinski definition) is 0. The Balaban J connectivity index is 1.45. The molecule has 29 heavy (non-hydrogen) atoms. The average Bonchev–Trinajstić information content (AvgIpc) is 3.04. The highest BCUT2D eigenvalue weighted by Crippen LogP contribution is 2.28. The van der Waals surface area contributed by atoms with Crippen LogP contribution < -0.4 is 4.74 Å². The van der Waals surface area contributed by atoms with E-state index in [0.29, 0.717) is 56.3 Å². The molecule has 2 aromatic rings. The van der Waals surface area contributed by atoms with Crippen molar-refractivity contribution in [2.45, 2.75) is 31.6 Å². The number of benzene rings is 1. The van der Waals surface area contributed by atoms with Crippen molar-refractivity contribution in [1.29, 1.82) is 0 Å². The molecule has 0 atom stereocenters. The molecule has 0 saturated carbocycles. The van der Waals surface area contributed by atoms with E-state index in [4.69, 9.17) is 4.74 Å². The van der Waals surface area contributed by atoms with Gasteiger partial charge in [-0.1, -0.05) is 6.07 Å². The van der Waals surface area contributed by atoms with E-state index < -0.39 is 10.0 Å². The number of amides is 1. The molecule has 0 aliphatic carbocycles. The molecule has 1 amide bonds. The number of sulfonamides is 1. The second kappa shape index (κ2) is 9.23. The Morgan fingerprint density at radius 1 is 1.17 bits per heavy atom. The average molecular weight is 441 g/mol. The van der Waals surface area contributed by atoms with Crippen molar-refractivity contribution in [3.8, 4) is 5.75 Å².